The van der Waals surface area contributed by atoms with Gasteiger partial charge < -0.3 is 10.6 Å². The summed E-state index contributed by atoms with van der Waals surface area (Å²) in [6.45, 7) is 1.98. The third kappa shape index (κ3) is 3.52. The Morgan fingerprint density at radius 2 is 2.07 bits per heavy atom. The van der Waals surface area contributed by atoms with Crippen LogP contribution >= 0.6 is 35.4 Å². The van der Waals surface area contributed by atoms with Crippen molar-refractivity contribution in [3.8, 4) is 0 Å². The lowest BCUT2D eigenvalue weighted by Gasteiger charge is -2.17. The molecule has 2 N–H and O–H groups in total. The molecule has 0 radical (unpaired) electrons. The molecule has 1 unspecified atom stereocenters. The number of thiocarbonyl (C=S) groups is 1. The Morgan fingerprint density at radius 1 is 1.40 bits per heavy atom. The van der Waals surface area contributed by atoms with Crippen LogP contribution in [-0.4, -0.2) is 12.2 Å². The molecular formula is C10H12Cl2N2S. The molecule has 5 heteroatoms. The van der Waals surface area contributed by atoms with Gasteiger partial charge in [0, 0.05) is 17.1 Å². The Labute approximate surface area is 105 Å². The average molecular weight is 263 g/mol. The number of rotatable bonds is 2. The van der Waals surface area contributed by atoms with Crippen LogP contribution in [0.3, 0.4) is 0 Å². The van der Waals surface area contributed by atoms with Gasteiger partial charge in [-0.3, -0.25) is 0 Å². The number of nitrogens with one attached hydrogen (secondary N) is 2. The topological polar surface area (TPSA) is 24.1 Å². The average Bonchev–Trinajstić information content (AvgIpc) is 2.17. The molecule has 82 valence electrons. The minimum absolute atomic E-state index is 0.0507. The van der Waals surface area contributed by atoms with Crippen molar-refractivity contribution >= 4 is 40.5 Å². The van der Waals surface area contributed by atoms with Crippen LogP contribution in [0.2, 0.25) is 10.0 Å². The van der Waals surface area contributed by atoms with Crippen molar-refractivity contribution in [2.75, 3.05) is 7.05 Å². The Morgan fingerprint density at radius 3 is 2.60 bits per heavy atom. The molecule has 1 atom stereocenters. The zero-order chi connectivity index (χ0) is 11.4. The van der Waals surface area contributed by atoms with E-state index in [0.29, 0.717) is 15.2 Å². The summed E-state index contributed by atoms with van der Waals surface area (Å²) in [5, 5.41) is 7.81. The Balaban J connectivity index is 2.82. The van der Waals surface area contributed by atoms with Crippen molar-refractivity contribution in [2.45, 2.75) is 13.0 Å². The van der Waals surface area contributed by atoms with Crippen LogP contribution in [0, 0.1) is 0 Å². The zero-order valence-electron chi connectivity index (χ0n) is 8.47. The summed E-state index contributed by atoms with van der Waals surface area (Å²) in [5.74, 6) is 0. The summed E-state index contributed by atoms with van der Waals surface area (Å²) in [5.41, 5.74) is 0.971. The van der Waals surface area contributed by atoms with Gasteiger partial charge in [0.05, 0.1) is 6.04 Å². The molecule has 1 aromatic carbocycles. The lowest BCUT2D eigenvalue weighted by molar-refractivity contribution is 0.710. The molecule has 1 aromatic rings. The van der Waals surface area contributed by atoms with Crippen molar-refractivity contribution in [2.24, 2.45) is 0 Å². The minimum atomic E-state index is 0.0507. The highest BCUT2D eigenvalue weighted by Gasteiger charge is 2.10. The number of hydrogen-bond acceptors (Lipinski definition) is 1. The van der Waals surface area contributed by atoms with Crippen LogP contribution in [0.1, 0.15) is 18.5 Å². The van der Waals surface area contributed by atoms with Gasteiger partial charge in [0.25, 0.3) is 0 Å². The van der Waals surface area contributed by atoms with Crippen LogP contribution in [0.25, 0.3) is 0 Å². The van der Waals surface area contributed by atoms with E-state index in [2.05, 4.69) is 10.6 Å². The second kappa shape index (κ2) is 5.54. The maximum atomic E-state index is 6.06. The van der Waals surface area contributed by atoms with Crippen molar-refractivity contribution < 1.29 is 0 Å². The van der Waals surface area contributed by atoms with E-state index in [1.807, 2.05) is 19.1 Å². The van der Waals surface area contributed by atoms with Gasteiger partial charge in [0.2, 0.25) is 0 Å². The van der Waals surface area contributed by atoms with Gasteiger partial charge in [-0.25, -0.2) is 0 Å². The van der Waals surface area contributed by atoms with Crippen LogP contribution < -0.4 is 10.6 Å². The zero-order valence-corrected chi connectivity index (χ0v) is 10.8. The first-order valence-corrected chi connectivity index (χ1v) is 5.64. The predicted octanol–water partition coefficient (Wildman–Crippen LogP) is 3.15. The molecule has 15 heavy (non-hydrogen) atoms. The van der Waals surface area contributed by atoms with Gasteiger partial charge in [0.15, 0.2) is 5.11 Å². The maximum Gasteiger partial charge on any atom is 0.166 e. The molecule has 0 spiro atoms. The van der Waals surface area contributed by atoms with Gasteiger partial charge >= 0.3 is 0 Å². The van der Waals surface area contributed by atoms with E-state index < -0.39 is 0 Å². The van der Waals surface area contributed by atoms with Crippen LogP contribution in [0.15, 0.2) is 18.2 Å². The van der Waals surface area contributed by atoms with Gasteiger partial charge in [-0.15, -0.1) is 0 Å². The van der Waals surface area contributed by atoms with E-state index in [0.717, 1.165) is 5.56 Å². The Bertz CT molecular complexity index is 368. The Kier molecular flexibility index (Phi) is 4.64. The molecule has 2 nitrogen and oxygen atoms in total. The number of hydrogen-bond donors (Lipinski definition) is 2. The highest BCUT2D eigenvalue weighted by atomic mass is 35.5. The second-order valence-corrected chi connectivity index (χ2v) is 4.36. The molecule has 0 aromatic heterocycles. The number of halogens is 2. The van der Waals surface area contributed by atoms with Gasteiger partial charge in [-0.05, 0) is 36.8 Å². The first-order chi connectivity index (χ1) is 7.04. The highest BCUT2D eigenvalue weighted by Crippen LogP contribution is 2.25. The van der Waals surface area contributed by atoms with E-state index in [1.54, 1.807) is 13.1 Å². The second-order valence-electron chi connectivity index (χ2n) is 3.11. The minimum Gasteiger partial charge on any atom is -0.366 e. The summed E-state index contributed by atoms with van der Waals surface area (Å²) in [6, 6.07) is 5.47. The van der Waals surface area contributed by atoms with E-state index in [-0.39, 0.29) is 6.04 Å². The fourth-order valence-electron chi connectivity index (χ4n) is 1.20. The molecule has 0 heterocycles. The summed E-state index contributed by atoms with van der Waals surface area (Å²) < 4.78 is 0. The van der Waals surface area contributed by atoms with E-state index in [9.17, 15) is 0 Å². The van der Waals surface area contributed by atoms with Gasteiger partial charge in [-0.2, -0.15) is 0 Å². The molecule has 1 rings (SSSR count). The van der Waals surface area contributed by atoms with Crippen molar-refractivity contribution in [3.63, 3.8) is 0 Å². The molecule has 0 fully saturated rings. The lowest BCUT2D eigenvalue weighted by Crippen LogP contribution is -2.34. The number of benzene rings is 1. The largest absolute Gasteiger partial charge is 0.366 e. The molecule has 0 aliphatic heterocycles. The fraction of sp³-hybridized carbons (Fsp3) is 0.300. The first-order valence-electron chi connectivity index (χ1n) is 4.47. The van der Waals surface area contributed by atoms with E-state index >= 15 is 0 Å². The summed E-state index contributed by atoms with van der Waals surface area (Å²) in [6.07, 6.45) is 0. The van der Waals surface area contributed by atoms with Crippen molar-refractivity contribution in [1.82, 2.24) is 10.6 Å². The van der Waals surface area contributed by atoms with Crippen molar-refractivity contribution in [1.29, 1.82) is 0 Å². The van der Waals surface area contributed by atoms with Crippen molar-refractivity contribution in [3.05, 3.63) is 33.8 Å². The maximum absolute atomic E-state index is 6.06. The smallest absolute Gasteiger partial charge is 0.166 e. The fourth-order valence-corrected chi connectivity index (χ4v) is 1.95. The highest BCUT2D eigenvalue weighted by molar-refractivity contribution is 7.80. The normalized spacial score (nSPS) is 12.0. The van der Waals surface area contributed by atoms with Gasteiger partial charge in [0.1, 0.15) is 0 Å². The summed E-state index contributed by atoms with van der Waals surface area (Å²) in [4.78, 5) is 0. The predicted molar refractivity (Wildman–Crippen MR) is 69.7 cm³/mol. The van der Waals surface area contributed by atoms with Crippen LogP contribution in [0.5, 0.6) is 0 Å². The third-order valence-corrected chi connectivity index (χ3v) is 2.89. The molecule has 0 aliphatic carbocycles. The SMILES string of the molecule is CNC(=S)NC(C)c1ccc(Cl)cc1Cl. The molecule has 0 aliphatic rings. The molecule has 0 bridgehead atoms. The quantitative estimate of drug-likeness (QED) is 0.801. The third-order valence-electron chi connectivity index (χ3n) is 2.00. The monoisotopic (exact) mass is 262 g/mol. The van der Waals surface area contributed by atoms with Gasteiger partial charge in [-0.1, -0.05) is 29.3 Å². The summed E-state index contributed by atoms with van der Waals surface area (Å²) in [7, 11) is 1.77. The molecule has 0 saturated carbocycles. The standard InChI is InChI=1S/C10H12Cl2N2S/c1-6(14-10(15)13-2)8-4-3-7(11)5-9(8)12/h3-6H,1-2H3,(H2,13,14,15). The molecular weight excluding hydrogens is 251 g/mol. The van der Waals surface area contributed by atoms with E-state index in [1.165, 1.54) is 0 Å². The molecule has 0 amide bonds. The Hall–Kier alpha value is -0.510. The summed E-state index contributed by atoms with van der Waals surface area (Å²) >= 11 is 16.9. The first kappa shape index (κ1) is 12.6. The molecule has 0 saturated heterocycles. The van der Waals surface area contributed by atoms with Crippen LogP contribution in [-0.2, 0) is 0 Å². The lowest BCUT2D eigenvalue weighted by atomic mass is 10.1. The van der Waals surface area contributed by atoms with Crippen LogP contribution in [0.4, 0.5) is 0 Å². The van der Waals surface area contributed by atoms with E-state index in [4.69, 9.17) is 35.4 Å².